The van der Waals surface area contributed by atoms with Crippen molar-refractivity contribution in [1.82, 2.24) is 10.2 Å². The summed E-state index contributed by atoms with van der Waals surface area (Å²) >= 11 is 0. The van der Waals surface area contributed by atoms with Crippen molar-refractivity contribution in [1.29, 1.82) is 0 Å². The molecule has 1 atom stereocenters. The van der Waals surface area contributed by atoms with Crippen LogP contribution >= 0.6 is 0 Å². The standard InChI is InChI=1S/C24H18N2O4/c1-16(22-25-26-23(30-22)19-10-6-3-7-11-19)29-24(28)20-14-12-18(13-15-20)21(27)17-8-4-2-5-9-17/h2-16H,1H3/t16-/m1/s1. The number of ketones is 1. The van der Waals surface area contributed by atoms with Crippen molar-refractivity contribution in [3.05, 3.63) is 108 Å². The van der Waals surface area contributed by atoms with Gasteiger partial charge in [-0.15, -0.1) is 10.2 Å². The van der Waals surface area contributed by atoms with Crippen molar-refractivity contribution in [2.45, 2.75) is 13.0 Å². The molecule has 0 aliphatic heterocycles. The molecule has 0 amide bonds. The highest BCUT2D eigenvalue weighted by Gasteiger charge is 2.20. The number of rotatable bonds is 6. The molecule has 0 aliphatic carbocycles. The first-order valence-electron chi connectivity index (χ1n) is 9.41. The van der Waals surface area contributed by atoms with Gasteiger partial charge >= 0.3 is 5.97 Å². The Morgan fingerprint density at radius 3 is 2.00 bits per heavy atom. The van der Waals surface area contributed by atoms with Gasteiger partial charge in [0.2, 0.25) is 5.89 Å². The summed E-state index contributed by atoms with van der Waals surface area (Å²) in [6.07, 6.45) is -0.715. The van der Waals surface area contributed by atoms with Crippen LogP contribution in [0.3, 0.4) is 0 Å². The van der Waals surface area contributed by atoms with Crippen molar-refractivity contribution in [3.8, 4) is 11.5 Å². The average Bonchev–Trinajstić information content (AvgIpc) is 3.30. The zero-order valence-electron chi connectivity index (χ0n) is 16.2. The third-order valence-electron chi connectivity index (χ3n) is 4.51. The smallest absolute Gasteiger partial charge is 0.338 e. The van der Waals surface area contributed by atoms with Crippen molar-refractivity contribution in [3.63, 3.8) is 0 Å². The Labute approximate surface area is 173 Å². The van der Waals surface area contributed by atoms with E-state index in [1.807, 2.05) is 36.4 Å². The maximum atomic E-state index is 12.5. The second-order valence-electron chi connectivity index (χ2n) is 6.63. The van der Waals surface area contributed by atoms with E-state index in [1.165, 1.54) is 0 Å². The molecule has 0 unspecified atom stereocenters. The lowest BCUT2D eigenvalue weighted by molar-refractivity contribution is 0.0279. The van der Waals surface area contributed by atoms with E-state index in [0.717, 1.165) is 5.56 Å². The molecule has 3 aromatic carbocycles. The van der Waals surface area contributed by atoms with E-state index in [9.17, 15) is 9.59 Å². The number of hydrogen-bond donors (Lipinski definition) is 0. The Kier molecular flexibility index (Phi) is 5.48. The van der Waals surface area contributed by atoms with Crippen molar-refractivity contribution in [2.24, 2.45) is 0 Å². The molecule has 4 rings (SSSR count). The first-order valence-corrected chi connectivity index (χ1v) is 9.41. The SMILES string of the molecule is C[C@@H](OC(=O)c1ccc(C(=O)c2ccccc2)cc1)c1nnc(-c2ccccc2)o1. The Hall–Kier alpha value is -4.06. The largest absolute Gasteiger partial charge is 0.449 e. The summed E-state index contributed by atoms with van der Waals surface area (Å²) in [5, 5.41) is 7.97. The number of aromatic nitrogens is 2. The molecular formula is C24H18N2O4. The highest BCUT2D eigenvalue weighted by atomic mass is 16.6. The highest BCUT2D eigenvalue weighted by molar-refractivity contribution is 6.09. The van der Waals surface area contributed by atoms with Gasteiger partial charge in [0.05, 0.1) is 5.56 Å². The van der Waals surface area contributed by atoms with Gasteiger partial charge in [-0.05, 0) is 31.2 Å². The third kappa shape index (κ3) is 4.17. The van der Waals surface area contributed by atoms with Crippen LogP contribution in [0.5, 0.6) is 0 Å². The molecule has 6 nitrogen and oxygen atoms in total. The van der Waals surface area contributed by atoms with Crippen molar-refractivity contribution in [2.75, 3.05) is 0 Å². The second-order valence-corrected chi connectivity index (χ2v) is 6.63. The molecule has 6 heteroatoms. The molecule has 0 N–H and O–H groups in total. The van der Waals surface area contributed by atoms with Crippen LogP contribution in [0.15, 0.2) is 89.3 Å². The second kappa shape index (κ2) is 8.53. The van der Waals surface area contributed by atoms with Crippen LogP contribution in [0.2, 0.25) is 0 Å². The number of carbonyl (C=O) groups is 2. The number of esters is 1. The van der Waals surface area contributed by atoms with E-state index in [-0.39, 0.29) is 11.7 Å². The summed E-state index contributed by atoms with van der Waals surface area (Å²) in [6.45, 7) is 1.66. The average molecular weight is 398 g/mol. The molecule has 4 aromatic rings. The van der Waals surface area contributed by atoms with Gasteiger partial charge in [0.1, 0.15) is 0 Å². The summed E-state index contributed by atoms with van der Waals surface area (Å²) < 4.78 is 11.1. The van der Waals surface area contributed by atoms with Crippen LogP contribution in [0, 0.1) is 0 Å². The quantitative estimate of drug-likeness (QED) is 0.340. The third-order valence-corrected chi connectivity index (χ3v) is 4.51. The van der Waals surface area contributed by atoms with Gasteiger partial charge < -0.3 is 9.15 Å². The van der Waals surface area contributed by atoms with E-state index >= 15 is 0 Å². The van der Waals surface area contributed by atoms with Gasteiger partial charge in [0.25, 0.3) is 5.89 Å². The van der Waals surface area contributed by atoms with Gasteiger partial charge in [-0.25, -0.2) is 4.79 Å². The fourth-order valence-corrected chi connectivity index (χ4v) is 2.89. The summed E-state index contributed by atoms with van der Waals surface area (Å²) in [5.74, 6) is -0.0841. The predicted octanol–water partition coefficient (Wildman–Crippen LogP) is 4.89. The van der Waals surface area contributed by atoms with E-state index in [1.54, 1.807) is 55.5 Å². The monoisotopic (exact) mass is 398 g/mol. The molecular weight excluding hydrogens is 380 g/mol. The van der Waals surface area contributed by atoms with Gasteiger partial charge in [-0.3, -0.25) is 4.79 Å². The molecule has 1 heterocycles. The van der Waals surface area contributed by atoms with E-state index in [2.05, 4.69) is 10.2 Å². The topological polar surface area (TPSA) is 82.3 Å². The minimum atomic E-state index is -0.715. The number of benzene rings is 3. The summed E-state index contributed by atoms with van der Waals surface area (Å²) in [7, 11) is 0. The van der Waals surface area contributed by atoms with E-state index in [0.29, 0.717) is 22.6 Å². The molecule has 1 aromatic heterocycles. The number of carbonyl (C=O) groups excluding carboxylic acids is 2. The van der Waals surface area contributed by atoms with E-state index < -0.39 is 12.1 Å². The maximum Gasteiger partial charge on any atom is 0.338 e. The Bertz CT molecular complexity index is 1150. The maximum absolute atomic E-state index is 12.5. The fourth-order valence-electron chi connectivity index (χ4n) is 2.89. The fraction of sp³-hybridized carbons (Fsp3) is 0.0833. The van der Waals surface area contributed by atoms with Crippen LogP contribution in [-0.2, 0) is 4.74 Å². The first kappa shape index (κ1) is 19.3. The Morgan fingerprint density at radius 2 is 1.33 bits per heavy atom. The normalized spacial score (nSPS) is 11.6. The highest BCUT2D eigenvalue weighted by Crippen LogP contribution is 2.23. The number of hydrogen-bond acceptors (Lipinski definition) is 6. The molecule has 0 aliphatic rings. The Morgan fingerprint density at radius 1 is 0.767 bits per heavy atom. The lowest BCUT2D eigenvalue weighted by atomic mass is 10.0. The van der Waals surface area contributed by atoms with Crippen LogP contribution in [-0.4, -0.2) is 21.9 Å². The van der Waals surface area contributed by atoms with Crippen molar-refractivity contribution < 1.29 is 18.7 Å². The summed E-state index contributed by atoms with van der Waals surface area (Å²) in [5.41, 5.74) is 2.20. The zero-order chi connectivity index (χ0) is 20.9. The lowest BCUT2D eigenvalue weighted by Crippen LogP contribution is -2.10. The summed E-state index contributed by atoms with van der Waals surface area (Å²) in [6, 6.07) is 24.6. The van der Waals surface area contributed by atoms with Gasteiger partial charge in [-0.1, -0.05) is 60.7 Å². The minimum absolute atomic E-state index is 0.108. The lowest BCUT2D eigenvalue weighted by Gasteiger charge is -2.09. The zero-order valence-corrected chi connectivity index (χ0v) is 16.2. The molecule has 148 valence electrons. The number of ether oxygens (including phenoxy) is 1. The number of nitrogens with zero attached hydrogens (tertiary/aromatic N) is 2. The Balaban J connectivity index is 1.42. The molecule has 0 saturated heterocycles. The van der Waals surface area contributed by atoms with Crippen LogP contribution < -0.4 is 0 Å². The van der Waals surface area contributed by atoms with Gasteiger partial charge in [-0.2, -0.15) is 0 Å². The molecule has 0 radical (unpaired) electrons. The van der Waals surface area contributed by atoms with Crippen LogP contribution in [0.1, 0.15) is 45.2 Å². The molecule has 0 fully saturated rings. The van der Waals surface area contributed by atoms with Crippen molar-refractivity contribution >= 4 is 11.8 Å². The molecule has 30 heavy (non-hydrogen) atoms. The molecule has 0 bridgehead atoms. The van der Waals surface area contributed by atoms with Crippen LogP contribution in [0.25, 0.3) is 11.5 Å². The molecule has 0 saturated carbocycles. The first-order chi connectivity index (χ1) is 14.6. The van der Waals surface area contributed by atoms with Gasteiger partial charge in [0.15, 0.2) is 11.9 Å². The van der Waals surface area contributed by atoms with Gasteiger partial charge in [0, 0.05) is 16.7 Å². The summed E-state index contributed by atoms with van der Waals surface area (Å²) in [4.78, 5) is 24.9. The predicted molar refractivity (Wildman–Crippen MR) is 110 cm³/mol. The minimum Gasteiger partial charge on any atom is -0.449 e. The van der Waals surface area contributed by atoms with E-state index in [4.69, 9.17) is 9.15 Å². The van der Waals surface area contributed by atoms with Crippen LogP contribution in [0.4, 0.5) is 0 Å². The molecule has 0 spiro atoms.